The zero-order valence-electron chi connectivity index (χ0n) is 53.9. The second kappa shape index (κ2) is 36.1. The summed E-state index contributed by atoms with van der Waals surface area (Å²) >= 11 is 10.1. The van der Waals surface area contributed by atoms with Gasteiger partial charge in [0, 0.05) is 54.4 Å². The van der Waals surface area contributed by atoms with Crippen molar-refractivity contribution in [3.8, 4) is 66.8 Å². The van der Waals surface area contributed by atoms with Gasteiger partial charge in [-0.15, -0.1) is 0 Å². The zero-order chi connectivity index (χ0) is 67.4. The van der Waals surface area contributed by atoms with Crippen molar-refractivity contribution in [2.75, 3.05) is 15.1 Å². The molecule has 15 aromatic rings. The number of benzene rings is 15. The Morgan fingerprint density at radius 3 is 0.561 bits per heavy atom. The first kappa shape index (κ1) is 68.3. The summed E-state index contributed by atoms with van der Waals surface area (Å²) in [5, 5.41) is 3.46. The predicted octanol–water partition coefficient (Wildman–Crippen LogP) is 27.1. The van der Waals surface area contributed by atoms with Crippen LogP contribution in [0.25, 0.3) is 66.8 Å². The van der Waals surface area contributed by atoms with Crippen LogP contribution in [0.3, 0.4) is 0 Å². The summed E-state index contributed by atoms with van der Waals surface area (Å²) < 4.78 is 4.90. The van der Waals surface area contributed by atoms with Crippen molar-refractivity contribution in [3.05, 3.63) is 421 Å². The topological polar surface area (TPSA) is 30.9 Å². The van der Waals surface area contributed by atoms with E-state index in [0.717, 1.165) is 54.4 Å². The molecule has 0 fully saturated rings. The van der Waals surface area contributed by atoms with Gasteiger partial charge in [0.05, 0.1) is 0 Å². The summed E-state index contributed by atoms with van der Waals surface area (Å²) in [6, 6.07) is 144. The Hall–Kier alpha value is -11.1. The van der Waals surface area contributed by atoms with Crippen LogP contribution in [-0.4, -0.2) is 7.64 Å². The summed E-state index contributed by atoms with van der Waals surface area (Å²) in [5.41, 5.74) is 23.7. The van der Waals surface area contributed by atoms with Gasteiger partial charge in [0.25, 0.3) is 0 Å². The van der Waals surface area contributed by atoms with Gasteiger partial charge in [0.2, 0.25) is 0 Å². The minimum absolute atomic E-state index is 1.07. The minimum Gasteiger partial charge on any atom is -0.356 e. The summed E-state index contributed by atoms with van der Waals surface area (Å²) in [5.74, 6) is 0. The van der Waals surface area contributed by atoms with Gasteiger partial charge in [-0.2, -0.15) is 0 Å². The van der Waals surface area contributed by atoms with Crippen LogP contribution in [0.15, 0.2) is 426 Å². The van der Waals surface area contributed by atoms with Gasteiger partial charge in [-0.3, -0.25) is 0 Å². The average molecular weight is 1410 g/mol. The van der Waals surface area contributed by atoms with E-state index in [9.17, 15) is 0 Å². The Balaban J connectivity index is 0.000000139. The molecule has 0 aromatic heterocycles. The molecule has 473 valence electrons. The predicted molar refractivity (Wildman–Crippen MR) is 430 cm³/mol. The largest absolute Gasteiger partial charge is 0.356 e. The van der Waals surface area contributed by atoms with E-state index < -0.39 is 0 Å². The molecular weight excluding hydrogens is 1340 g/mol. The van der Waals surface area contributed by atoms with E-state index in [1.54, 1.807) is 0 Å². The molecule has 0 aliphatic carbocycles. The maximum atomic E-state index is 4.34. The van der Waals surface area contributed by atoms with Gasteiger partial charge in [0.15, 0.2) is 0 Å². The van der Waals surface area contributed by atoms with Crippen molar-refractivity contribution < 1.29 is 0 Å². The molecule has 1 radical (unpaired) electrons. The van der Waals surface area contributed by atoms with Gasteiger partial charge < -0.3 is 15.1 Å². The fourth-order valence-corrected chi connectivity index (χ4v) is 11.7. The molecule has 0 atom stereocenters. The van der Waals surface area contributed by atoms with Crippen LogP contribution in [-0.2, 0) is 0 Å². The normalized spacial score (nSPS) is 10.2. The fourth-order valence-electron chi connectivity index (χ4n) is 11.1. The van der Waals surface area contributed by atoms with Crippen molar-refractivity contribution >= 4 is 97.8 Å². The Morgan fingerprint density at radius 1 is 0.204 bits per heavy atom. The van der Waals surface area contributed by atoms with Crippen molar-refractivity contribution in [2.24, 2.45) is 4.30 Å². The van der Waals surface area contributed by atoms with Gasteiger partial charge in [-0.05, 0) is 188 Å². The number of rotatable bonds is 14. The van der Waals surface area contributed by atoms with Crippen molar-refractivity contribution in [2.45, 2.75) is 0 Å². The third-order valence-corrected chi connectivity index (χ3v) is 17.1. The van der Waals surface area contributed by atoms with E-state index in [-0.39, 0.29) is 0 Å². The van der Waals surface area contributed by atoms with E-state index in [1.807, 2.05) is 66.7 Å². The van der Waals surface area contributed by atoms with Crippen LogP contribution in [0, 0.1) is 0 Å². The van der Waals surface area contributed by atoms with E-state index in [2.05, 4.69) is 418 Å². The molecule has 0 unspecified atom stereocenters. The molecular formula is C90H70BBr2N4S. The molecule has 98 heavy (non-hydrogen) atoms. The first-order valence-corrected chi connectivity index (χ1v) is 34.2. The van der Waals surface area contributed by atoms with Crippen LogP contribution in [0.1, 0.15) is 0 Å². The minimum atomic E-state index is 1.07. The molecule has 0 bridgehead atoms. The Labute approximate surface area is 600 Å². The molecule has 0 saturated carbocycles. The molecule has 15 rings (SSSR count). The van der Waals surface area contributed by atoms with Crippen LogP contribution < -0.4 is 15.1 Å². The third kappa shape index (κ3) is 19.5. The van der Waals surface area contributed by atoms with Gasteiger partial charge in [-0.25, -0.2) is 0 Å². The van der Waals surface area contributed by atoms with Crippen molar-refractivity contribution in [1.82, 2.24) is 0 Å². The first-order valence-electron chi connectivity index (χ1n) is 32.2. The standard InChI is InChI=1S/C30H22BrN.C30H23N.C24H19N.C6H5Br.BHNS/c31-27-15-21-30(22-16-27)32(28-17-11-25(12-18-28)23-7-3-1-4-8-23)29-19-13-26(14-20-29)24-9-5-2-6-10-24;1-4-10-24(11-5-1)26-16-20-29(21-17-26)31(28-14-8-3-9-15-28)30-22-18-27(19-23-30)25-12-6-2-7-13-25;1-3-7-19(8-4-1)21-11-15-23(16-12-21)25-24-17-13-22(14-18-24)20-9-5-2-6-10-20;7-6-4-2-1-3-5-6;1-2-3/h1-22H;1-23H;1-18,25H;1-5H;3H. The van der Waals surface area contributed by atoms with E-state index in [0.29, 0.717) is 0 Å². The Bertz CT molecular complexity index is 4520. The van der Waals surface area contributed by atoms with E-state index >= 15 is 0 Å². The average Bonchev–Trinajstić information content (AvgIpc) is 0.825. The zero-order valence-corrected chi connectivity index (χ0v) is 57.9. The molecule has 15 aromatic carbocycles. The molecule has 0 amide bonds. The van der Waals surface area contributed by atoms with Crippen LogP contribution >= 0.6 is 44.7 Å². The fraction of sp³-hybridized carbons (Fsp3) is 0. The van der Waals surface area contributed by atoms with Gasteiger partial charge >= 0.3 is 24.8 Å². The quantitative estimate of drug-likeness (QED) is 0.0840. The second-order valence-electron chi connectivity index (χ2n) is 22.6. The number of nitrogens with one attached hydrogen (secondary N) is 1. The molecule has 8 heteroatoms. The number of thiol groups is 1. The first-order chi connectivity index (χ1) is 48.3. The molecule has 0 spiro atoms. The molecule has 4 nitrogen and oxygen atoms in total. The summed E-state index contributed by atoms with van der Waals surface area (Å²) in [6.45, 7) is 0. The van der Waals surface area contributed by atoms with E-state index in [1.165, 1.54) is 66.8 Å². The number of nitrogens with zero attached hydrogens (tertiary/aromatic N) is 3. The SMILES string of the molecule is Brc1ccc(N(c2ccc(-c3ccccc3)cc2)c2ccc(-c3ccccc3)cc2)cc1.Brc1ccccc1.[B]=NS.c1ccc(-c2ccc(N(c3ccccc3)c3ccc(-c4ccccc4)cc3)cc2)cc1.c1ccc(-c2ccc(Nc3ccc(-c4ccccc4)cc3)cc2)cc1. The van der Waals surface area contributed by atoms with Crippen LogP contribution in [0.5, 0.6) is 0 Å². The number of hydrogen-bond acceptors (Lipinski definition) is 5. The van der Waals surface area contributed by atoms with Gasteiger partial charge in [-0.1, -0.05) is 323 Å². The molecule has 1 N–H and O–H groups in total. The summed E-state index contributed by atoms with van der Waals surface area (Å²) in [6.07, 6.45) is 0. The van der Waals surface area contributed by atoms with Crippen molar-refractivity contribution in [3.63, 3.8) is 0 Å². The monoisotopic (exact) mass is 1410 g/mol. The van der Waals surface area contributed by atoms with E-state index in [4.69, 9.17) is 0 Å². The summed E-state index contributed by atoms with van der Waals surface area (Å²) in [4.78, 5) is 4.58. The number of anilines is 8. The van der Waals surface area contributed by atoms with Crippen LogP contribution in [0.2, 0.25) is 0 Å². The molecule has 0 saturated heterocycles. The second-order valence-corrected chi connectivity index (χ2v) is 24.6. The number of halogens is 2. The van der Waals surface area contributed by atoms with Crippen LogP contribution in [0.4, 0.5) is 45.5 Å². The number of hydrogen-bond donors (Lipinski definition) is 2. The molecule has 0 aliphatic heterocycles. The maximum Gasteiger partial charge on any atom is 0.0462 e. The maximum absolute atomic E-state index is 4.34. The smallest absolute Gasteiger partial charge is 0.0462 e. The Kier molecular flexibility index (Phi) is 25.2. The molecule has 0 heterocycles. The number of para-hydroxylation sites is 1. The van der Waals surface area contributed by atoms with Crippen molar-refractivity contribution in [1.29, 1.82) is 0 Å². The molecule has 0 aliphatic rings. The summed E-state index contributed by atoms with van der Waals surface area (Å²) in [7, 11) is 4.34. The Morgan fingerprint density at radius 2 is 0.357 bits per heavy atom. The third-order valence-electron chi connectivity index (χ3n) is 16.0. The van der Waals surface area contributed by atoms with Gasteiger partial charge in [0.1, 0.15) is 0 Å².